The van der Waals surface area contributed by atoms with Crippen LogP contribution >= 0.6 is 0 Å². The van der Waals surface area contributed by atoms with Gasteiger partial charge in [0, 0.05) is 37.1 Å². The summed E-state index contributed by atoms with van der Waals surface area (Å²) in [6, 6.07) is 12.1. The van der Waals surface area contributed by atoms with Gasteiger partial charge in [0.1, 0.15) is 11.6 Å². The summed E-state index contributed by atoms with van der Waals surface area (Å²) >= 11 is 0. The molecule has 11 heteroatoms. The molecule has 8 nitrogen and oxygen atoms in total. The van der Waals surface area contributed by atoms with Crippen molar-refractivity contribution >= 4 is 5.82 Å². The average Bonchev–Trinajstić information content (AvgIpc) is 3.35. The maximum Gasteiger partial charge on any atom is 0.573 e. The number of aromatic nitrogens is 4. The maximum atomic E-state index is 12.6. The van der Waals surface area contributed by atoms with Crippen LogP contribution in [-0.4, -0.2) is 39.1 Å². The lowest BCUT2D eigenvalue weighted by atomic mass is 9.83. The molecule has 0 radical (unpaired) electrons. The van der Waals surface area contributed by atoms with Crippen LogP contribution in [0.5, 0.6) is 5.75 Å². The molecule has 0 spiro atoms. The van der Waals surface area contributed by atoms with Gasteiger partial charge in [-0.1, -0.05) is 19.0 Å². The first kappa shape index (κ1) is 25.5. The highest BCUT2D eigenvalue weighted by Crippen LogP contribution is 2.32. The van der Waals surface area contributed by atoms with Crippen molar-refractivity contribution in [2.45, 2.75) is 39.6 Å². The van der Waals surface area contributed by atoms with Gasteiger partial charge in [0.05, 0.1) is 12.1 Å². The fourth-order valence-electron chi connectivity index (χ4n) is 4.31. The highest BCUT2D eigenvalue weighted by Gasteiger charge is 2.31. The second kappa shape index (κ2) is 9.96. The van der Waals surface area contributed by atoms with Gasteiger partial charge in [-0.15, -0.1) is 13.2 Å². The maximum absolute atomic E-state index is 12.6. The molecular formula is C27H26F3N5O3. The van der Waals surface area contributed by atoms with E-state index in [1.54, 1.807) is 23.0 Å². The van der Waals surface area contributed by atoms with Crippen LogP contribution in [0.3, 0.4) is 0 Å². The summed E-state index contributed by atoms with van der Waals surface area (Å²) in [6.45, 7) is 6.78. The molecule has 38 heavy (non-hydrogen) atoms. The molecule has 4 aromatic rings. The van der Waals surface area contributed by atoms with Crippen LogP contribution in [-0.2, 0) is 6.54 Å². The lowest BCUT2D eigenvalue weighted by molar-refractivity contribution is -0.274. The lowest BCUT2D eigenvalue weighted by Crippen LogP contribution is -2.37. The van der Waals surface area contributed by atoms with Crippen molar-refractivity contribution in [1.82, 2.24) is 19.7 Å². The largest absolute Gasteiger partial charge is 0.573 e. The Bertz CT molecular complexity index is 1470. The van der Waals surface area contributed by atoms with E-state index in [2.05, 4.69) is 38.6 Å². The van der Waals surface area contributed by atoms with Crippen LogP contribution < -0.4 is 15.2 Å². The molecular weight excluding hydrogens is 499 g/mol. The Balaban J connectivity index is 1.32. The van der Waals surface area contributed by atoms with Crippen LogP contribution in [0.25, 0.3) is 22.8 Å². The van der Waals surface area contributed by atoms with Gasteiger partial charge in [-0.25, -0.2) is 4.98 Å². The molecule has 0 saturated carbocycles. The smallest absolute Gasteiger partial charge is 0.406 e. The number of benzene rings is 1. The Morgan fingerprint density at radius 3 is 2.45 bits per heavy atom. The van der Waals surface area contributed by atoms with Gasteiger partial charge in [-0.05, 0) is 66.3 Å². The standard InChI is InChI=1S/C27H26F3N5O3/c1-26(2)10-13-34(14-11-26)22-15-18(9-12-31-22)16-35-17-20(5-8-23(35)36)25-32-24(33-38-25)19-3-6-21(7-4-19)37-27(28,29)30/h3-9,12,15,17H,10-11,13-14,16H2,1-2H3. The minimum absolute atomic E-state index is 0.177. The fraction of sp³-hybridized carbons (Fsp3) is 0.333. The predicted molar refractivity (Wildman–Crippen MR) is 135 cm³/mol. The summed E-state index contributed by atoms with van der Waals surface area (Å²) < 4.78 is 48.0. The van der Waals surface area contributed by atoms with Crippen LogP contribution in [0, 0.1) is 5.41 Å². The van der Waals surface area contributed by atoms with Crippen molar-refractivity contribution in [1.29, 1.82) is 0 Å². The van der Waals surface area contributed by atoms with Crippen molar-refractivity contribution in [2.24, 2.45) is 5.41 Å². The molecule has 3 aromatic heterocycles. The van der Waals surface area contributed by atoms with E-state index in [0.29, 0.717) is 23.1 Å². The molecule has 4 heterocycles. The number of hydrogen-bond acceptors (Lipinski definition) is 7. The summed E-state index contributed by atoms with van der Waals surface area (Å²) in [4.78, 5) is 23.8. The molecule has 0 N–H and O–H groups in total. The topological polar surface area (TPSA) is 86.3 Å². The fourth-order valence-corrected chi connectivity index (χ4v) is 4.31. The van der Waals surface area contributed by atoms with Gasteiger partial charge >= 0.3 is 6.36 Å². The van der Waals surface area contributed by atoms with Crippen molar-refractivity contribution in [3.63, 3.8) is 0 Å². The Hall–Kier alpha value is -4.15. The van der Waals surface area contributed by atoms with Crippen molar-refractivity contribution in [3.8, 4) is 28.6 Å². The zero-order valence-corrected chi connectivity index (χ0v) is 20.9. The Morgan fingerprint density at radius 2 is 1.74 bits per heavy atom. The van der Waals surface area contributed by atoms with E-state index >= 15 is 0 Å². The highest BCUT2D eigenvalue weighted by atomic mass is 19.4. The molecule has 1 saturated heterocycles. The van der Waals surface area contributed by atoms with E-state index in [1.165, 1.54) is 30.3 Å². The van der Waals surface area contributed by atoms with Gasteiger partial charge in [0.15, 0.2) is 0 Å². The molecule has 0 bridgehead atoms. The number of rotatable bonds is 6. The van der Waals surface area contributed by atoms with Crippen molar-refractivity contribution in [3.05, 3.63) is 76.8 Å². The monoisotopic (exact) mass is 525 g/mol. The number of nitrogens with zero attached hydrogens (tertiary/aromatic N) is 5. The first-order valence-corrected chi connectivity index (χ1v) is 12.2. The van der Waals surface area contributed by atoms with Gasteiger partial charge in [-0.2, -0.15) is 4.98 Å². The Labute approximate surface area is 216 Å². The second-order valence-corrected chi connectivity index (χ2v) is 10.1. The second-order valence-electron chi connectivity index (χ2n) is 10.1. The highest BCUT2D eigenvalue weighted by molar-refractivity contribution is 5.60. The summed E-state index contributed by atoms with van der Waals surface area (Å²) in [7, 11) is 0. The quantitative estimate of drug-likeness (QED) is 0.327. The first-order valence-electron chi connectivity index (χ1n) is 12.2. The number of piperidine rings is 1. The van der Waals surface area contributed by atoms with E-state index in [-0.39, 0.29) is 23.0 Å². The predicted octanol–water partition coefficient (Wildman–Crippen LogP) is 5.53. The molecule has 1 aliphatic heterocycles. The van der Waals surface area contributed by atoms with Gasteiger partial charge in [0.2, 0.25) is 5.82 Å². The van der Waals surface area contributed by atoms with Gasteiger partial charge in [-0.3, -0.25) is 4.79 Å². The summed E-state index contributed by atoms with van der Waals surface area (Å²) in [6.07, 6.45) is 0.820. The van der Waals surface area contributed by atoms with E-state index in [0.717, 1.165) is 37.3 Å². The van der Waals surface area contributed by atoms with Crippen LogP contribution in [0.4, 0.5) is 19.0 Å². The number of alkyl halides is 3. The number of halogens is 3. The third-order valence-electron chi connectivity index (χ3n) is 6.61. The Kier molecular flexibility index (Phi) is 6.68. The zero-order chi connectivity index (χ0) is 26.9. The molecule has 198 valence electrons. The lowest BCUT2D eigenvalue weighted by Gasteiger charge is -2.37. The average molecular weight is 526 g/mol. The van der Waals surface area contributed by atoms with E-state index < -0.39 is 6.36 Å². The molecule has 5 rings (SSSR count). The minimum atomic E-state index is -4.77. The van der Waals surface area contributed by atoms with Crippen molar-refractivity contribution in [2.75, 3.05) is 18.0 Å². The molecule has 0 unspecified atom stereocenters. The number of anilines is 1. The number of pyridine rings is 2. The molecule has 0 atom stereocenters. The van der Waals surface area contributed by atoms with E-state index in [1.807, 2.05) is 12.1 Å². The van der Waals surface area contributed by atoms with Crippen LogP contribution in [0.15, 0.2) is 70.2 Å². The molecule has 0 aliphatic carbocycles. The Morgan fingerprint density at radius 1 is 1.03 bits per heavy atom. The van der Waals surface area contributed by atoms with Gasteiger partial charge in [0.25, 0.3) is 11.4 Å². The number of hydrogen-bond donors (Lipinski definition) is 0. The molecule has 1 aromatic carbocycles. The minimum Gasteiger partial charge on any atom is -0.406 e. The van der Waals surface area contributed by atoms with E-state index in [4.69, 9.17) is 4.52 Å². The zero-order valence-electron chi connectivity index (χ0n) is 20.9. The van der Waals surface area contributed by atoms with Crippen LogP contribution in [0.2, 0.25) is 0 Å². The molecule has 1 fully saturated rings. The van der Waals surface area contributed by atoms with Crippen molar-refractivity contribution < 1.29 is 22.4 Å². The summed E-state index contributed by atoms with van der Waals surface area (Å²) in [5, 5.41) is 3.93. The molecule has 0 amide bonds. The third-order valence-corrected chi connectivity index (χ3v) is 6.61. The summed E-state index contributed by atoms with van der Waals surface area (Å²) in [5.41, 5.74) is 2.07. The SMILES string of the molecule is CC1(C)CCN(c2cc(Cn3cc(-c4nc(-c5ccc(OC(F)(F)F)cc5)no4)ccc3=O)ccn2)CC1. The summed E-state index contributed by atoms with van der Waals surface area (Å²) in [5.74, 6) is 0.923. The number of ether oxygens (including phenoxy) is 1. The first-order chi connectivity index (χ1) is 18.0. The molecule has 1 aliphatic rings. The van der Waals surface area contributed by atoms with Crippen LogP contribution in [0.1, 0.15) is 32.3 Å². The van der Waals surface area contributed by atoms with E-state index in [9.17, 15) is 18.0 Å². The normalized spacial score (nSPS) is 15.4. The van der Waals surface area contributed by atoms with Gasteiger partial charge < -0.3 is 18.7 Å². The third kappa shape index (κ3) is 6.04.